The number of aliphatic hydroxyl groups is 1. The zero-order chi connectivity index (χ0) is 22.5. The summed E-state index contributed by atoms with van der Waals surface area (Å²) in [7, 11) is 0. The molecule has 0 spiro atoms. The van der Waals surface area contributed by atoms with Crippen LogP contribution >= 0.6 is 12.4 Å². The summed E-state index contributed by atoms with van der Waals surface area (Å²) in [5.74, 6) is -0.693. The topological polar surface area (TPSA) is 77.0 Å². The lowest BCUT2D eigenvalue weighted by molar-refractivity contribution is 0.0177. The van der Waals surface area contributed by atoms with E-state index in [1.807, 2.05) is 13.8 Å². The van der Waals surface area contributed by atoms with Crippen molar-refractivity contribution in [3.8, 4) is 5.75 Å². The summed E-state index contributed by atoms with van der Waals surface area (Å²) in [5.41, 5.74) is 0.195. The number of hydrogen-bond acceptors (Lipinski definition) is 6. The first-order valence-electron chi connectivity index (χ1n) is 10.3. The molecule has 1 aromatic rings. The van der Waals surface area contributed by atoms with Gasteiger partial charge in [-0.1, -0.05) is 13.8 Å². The zero-order valence-electron chi connectivity index (χ0n) is 19.9. The average Bonchev–Trinajstić information content (AvgIpc) is 2.57. The molecule has 0 aliphatic carbocycles. The molecule has 6 nitrogen and oxygen atoms in total. The van der Waals surface area contributed by atoms with Gasteiger partial charge in [0.05, 0.1) is 22.4 Å². The number of nitrogens with one attached hydrogen (secondary N) is 1. The second-order valence-electron chi connectivity index (χ2n) is 5.56. The average molecular weight is 381 g/mol. The molecule has 0 saturated carbocycles. The van der Waals surface area contributed by atoms with E-state index in [1.165, 1.54) is 24.3 Å². The Morgan fingerprint density at radius 1 is 1.24 bits per heavy atom. The minimum Gasteiger partial charge on any atom is -0.491 e. The lowest BCUT2D eigenvalue weighted by Gasteiger charge is -2.15. The Morgan fingerprint density at radius 3 is 2.44 bits per heavy atom. The first-order chi connectivity index (χ1) is 13.2. The molecule has 0 aliphatic rings. The lowest BCUT2D eigenvalue weighted by atomic mass is 10.2. The summed E-state index contributed by atoms with van der Waals surface area (Å²) >= 11 is 0. The van der Waals surface area contributed by atoms with Crippen molar-refractivity contribution in [1.29, 1.82) is 0 Å². The van der Waals surface area contributed by atoms with E-state index in [0.717, 1.165) is 0 Å². The van der Waals surface area contributed by atoms with E-state index in [-0.39, 0.29) is 43.0 Å². The largest absolute Gasteiger partial charge is 0.491 e. The number of hydrogen-bond donors (Lipinski definition) is 2. The van der Waals surface area contributed by atoms with Crippen LogP contribution in [0.15, 0.2) is 24.3 Å². The van der Waals surface area contributed by atoms with Crippen LogP contribution in [0.3, 0.4) is 0 Å². The minimum absolute atomic E-state index is 0. The first kappa shape index (κ1) is 15.9. The number of esters is 1. The van der Waals surface area contributed by atoms with Gasteiger partial charge in [0.15, 0.2) is 0 Å². The van der Waals surface area contributed by atoms with Crippen molar-refractivity contribution in [3.63, 3.8) is 0 Å². The second-order valence-corrected chi connectivity index (χ2v) is 5.56. The third-order valence-electron chi connectivity index (χ3n) is 2.60. The van der Waals surface area contributed by atoms with E-state index < -0.39 is 31.1 Å². The summed E-state index contributed by atoms with van der Waals surface area (Å²) in [5, 5.41) is 12.5. The standard InChI is InChI=1S/C18H29NO5.ClH/c1-13(2)19-11-16(20)12-24-17-7-5-15(6-8-17)18(21)23-10-9-22-14(3)4;/h5-8,13-14,16,19-20H,9-12H2,1-4H3;1H/i11D2,12D2,16D;. The molecule has 0 saturated heterocycles. The van der Waals surface area contributed by atoms with Gasteiger partial charge in [0.1, 0.15) is 25.0 Å². The Kier molecular flexibility index (Phi) is 8.22. The van der Waals surface area contributed by atoms with Gasteiger partial charge in [-0.3, -0.25) is 0 Å². The van der Waals surface area contributed by atoms with Gasteiger partial charge < -0.3 is 24.6 Å². The molecule has 1 unspecified atom stereocenters. The summed E-state index contributed by atoms with van der Waals surface area (Å²) in [6.45, 7) is 1.36. The summed E-state index contributed by atoms with van der Waals surface area (Å²) in [6, 6.07) is 4.75. The van der Waals surface area contributed by atoms with Crippen LogP contribution in [0.4, 0.5) is 0 Å². The summed E-state index contributed by atoms with van der Waals surface area (Å²) in [4.78, 5) is 12.0. The normalized spacial score (nSPS) is 17.3. The fourth-order valence-electron chi connectivity index (χ4n) is 1.51. The quantitative estimate of drug-likeness (QED) is 0.453. The maximum absolute atomic E-state index is 12.0. The molecule has 0 amide bonds. The molecule has 0 aromatic heterocycles. The summed E-state index contributed by atoms with van der Waals surface area (Å²) in [6.07, 6.45) is -3.24. The predicted molar refractivity (Wildman–Crippen MR) is 99.7 cm³/mol. The third kappa shape index (κ3) is 11.0. The highest BCUT2D eigenvalue weighted by Gasteiger charge is 2.09. The number of carbonyl (C=O) groups excluding carboxylic acids is 1. The fraction of sp³-hybridized carbons (Fsp3) is 0.611. The smallest absolute Gasteiger partial charge is 0.338 e. The van der Waals surface area contributed by atoms with Crippen LogP contribution < -0.4 is 10.1 Å². The highest BCUT2D eigenvalue weighted by Crippen LogP contribution is 2.13. The molecule has 25 heavy (non-hydrogen) atoms. The van der Waals surface area contributed by atoms with Crippen molar-refractivity contribution in [2.24, 2.45) is 0 Å². The summed E-state index contributed by atoms with van der Waals surface area (Å²) < 4.78 is 54.6. The van der Waals surface area contributed by atoms with E-state index in [0.29, 0.717) is 0 Å². The van der Waals surface area contributed by atoms with Gasteiger partial charge in [-0.2, -0.15) is 0 Å². The maximum Gasteiger partial charge on any atom is 0.338 e. The van der Waals surface area contributed by atoms with Crippen LogP contribution in [0.5, 0.6) is 5.75 Å². The predicted octanol–water partition coefficient (Wildman–Crippen LogP) is 2.43. The highest BCUT2D eigenvalue weighted by molar-refractivity contribution is 5.89. The highest BCUT2D eigenvalue weighted by atomic mass is 35.5. The van der Waals surface area contributed by atoms with Gasteiger partial charge in [-0.15, -0.1) is 12.4 Å². The van der Waals surface area contributed by atoms with Crippen LogP contribution in [-0.2, 0) is 9.47 Å². The second kappa shape index (κ2) is 12.9. The SMILES string of the molecule is Cl.[2H]C([2H])(NC(C)C)C([2H])(O)C([2H])([2H])Oc1ccc(C(=O)OCCOC(C)C)cc1. The number of benzene rings is 1. The molecule has 144 valence electrons. The van der Waals surface area contributed by atoms with Crippen molar-refractivity contribution < 1.29 is 31.0 Å². The zero-order valence-corrected chi connectivity index (χ0v) is 15.7. The Labute approximate surface area is 163 Å². The molecule has 2 N–H and O–H groups in total. The van der Waals surface area contributed by atoms with Crippen molar-refractivity contribution in [3.05, 3.63) is 29.8 Å². The van der Waals surface area contributed by atoms with Crippen LogP contribution in [0, 0.1) is 0 Å². The molecule has 7 heteroatoms. The molecule has 0 bridgehead atoms. The molecule has 0 heterocycles. The molecular formula is C18H30ClNO5. The van der Waals surface area contributed by atoms with Crippen LogP contribution in [0.1, 0.15) is 44.9 Å². The minimum atomic E-state index is -3.27. The fourth-order valence-corrected chi connectivity index (χ4v) is 1.51. The third-order valence-corrected chi connectivity index (χ3v) is 2.60. The monoisotopic (exact) mass is 380 g/mol. The van der Waals surface area contributed by atoms with Crippen molar-refractivity contribution in [1.82, 2.24) is 5.32 Å². The van der Waals surface area contributed by atoms with Crippen LogP contribution in [-0.4, -0.2) is 55.6 Å². The van der Waals surface area contributed by atoms with E-state index >= 15 is 0 Å². The molecule has 1 rings (SSSR count). The van der Waals surface area contributed by atoms with Gasteiger partial charge in [0.25, 0.3) is 0 Å². The van der Waals surface area contributed by atoms with E-state index in [1.54, 1.807) is 13.8 Å². The molecule has 0 aliphatic heterocycles. The van der Waals surface area contributed by atoms with E-state index in [2.05, 4.69) is 5.32 Å². The molecule has 0 radical (unpaired) electrons. The first-order valence-corrected chi connectivity index (χ1v) is 7.77. The Bertz CT molecular complexity index is 671. The van der Waals surface area contributed by atoms with E-state index in [4.69, 9.17) is 21.1 Å². The molecular weight excluding hydrogens is 346 g/mol. The number of rotatable bonds is 11. The number of ether oxygens (including phenoxy) is 3. The van der Waals surface area contributed by atoms with Gasteiger partial charge in [0.2, 0.25) is 0 Å². The van der Waals surface area contributed by atoms with E-state index in [9.17, 15) is 9.90 Å². The van der Waals surface area contributed by atoms with Gasteiger partial charge in [-0.05, 0) is 38.1 Å². The number of halogens is 1. The molecule has 0 fully saturated rings. The van der Waals surface area contributed by atoms with Gasteiger partial charge in [0, 0.05) is 15.3 Å². The Morgan fingerprint density at radius 2 is 1.88 bits per heavy atom. The molecule has 1 aromatic carbocycles. The van der Waals surface area contributed by atoms with Crippen LogP contribution in [0.25, 0.3) is 0 Å². The van der Waals surface area contributed by atoms with Gasteiger partial charge >= 0.3 is 5.97 Å². The maximum atomic E-state index is 12.0. The Balaban J connectivity index is 0.00000841. The van der Waals surface area contributed by atoms with Crippen LogP contribution in [0.2, 0.25) is 0 Å². The Hall–Kier alpha value is -1.34. The van der Waals surface area contributed by atoms with Crippen molar-refractivity contribution >= 4 is 18.4 Å². The van der Waals surface area contributed by atoms with Crippen molar-refractivity contribution in [2.45, 2.75) is 45.9 Å². The number of carbonyl (C=O) groups is 1. The lowest BCUT2D eigenvalue weighted by Crippen LogP contribution is -2.35. The van der Waals surface area contributed by atoms with Crippen molar-refractivity contribution in [2.75, 3.05) is 26.3 Å². The van der Waals surface area contributed by atoms with Gasteiger partial charge in [-0.25, -0.2) is 4.79 Å². The molecule has 1 atom stereocenters.